The van der Waals surface area contributed by atoms with Crippen LogP contribution in [0.4, 0.5) is 0 Å². The Morgan fingerprint density at radius 1 is 1.75 bits per heavy atom. The van der Waals surface area contributed by atoms with E-state index in [4.69, 9.17) is 0 Å². The molecule has 3 nitrogen and oxygen atoms in total. The van der Waals surface area contributed by atoms with Crippen molar-refractivity contribution < 1.29 is 9.78 Å². The van der Waals surface area contributed by atoms with E-state index in [2.05, 4.69) is 4.98 Å². The Morgan fingerprint density at radius 3 is 2.75 bits per heavy atom. The highest BCUT2D eigenvalue weighted by Crippen LogP contribution is 1.78. The first-order valence-electron chi connectivity index (χ1n) is 2.35. The van der Waals surface area contributed by atoms with Gasteiger partial charge in [-0.25, -0.2) is 9.78 Å². The summed E-state index contributed by atoms with van der Waals surface area (Å²) >= 11 is 0. The molecule has 42 valence electrons. The maximum Gasteiger partial charge on any atom is 0.310 e. The van der Waals surface area contributed by atoms with Crippen molar-refractivity contribution in [3.8, 4) is 0 Å². The largest absolute Gasteiger partial charge is 0.310 e. The SMILES string of the molecule is CC(=O)n1cc[nH+]c1. The van der Waals surface area contributed by atoms with Crippen molar-refractivity contribution in [2.24, 2.45) is 0 Å². The zero-order chi connectivity index (χ0) is 5.98. The maximum atomic E-state index is 10.4. The predicted molar refractivity (Wildman–Crippen MR) is 27.3 cm³/mol. The lowest BCUT2D eigenvalue weighted by Gasteiger charge is -1.78. The summed E-state index contributed by atoms with van der Waals surface area (Å²) < 4.78 is 1.47. The fourth-order valence-corrected chi connectivity index (χ4v) is 0.486. The van der Waals surface area contributed by atoms with E-state index in [0.29, 0.717) is 0 Å². The number of nitrogens with zero attached hydrogens (tertiary/aromatic N) is 1. The van der Waals surface area contributed by atoms with Crippen LogP contribution >= 0.6 is 0 Å². The number of rotatable bonds is 0. The minimum Gasteiger partial charge on any atom is -0.250 e. The lowest BCUT2D eigenvalue weighted by molar-refractivity contribution is -0.376. The second-order valence-corrected chi connectivity index (χ2v) is 1.54. The van der Waals surface area contributed by atoms with Crippen LogP contribution in [-0.4, -0.2) is 10.5 Å². The number of nitrogens with one attached hydrogen (secondary N) is 1. The van der Waals surface area contributed by atoms with Crippen LogP contribution in [0.5, 0.6) is 0 Å². The Labute approximate surface area is 47.0 Å². The Kier molecular flexibility index (Phi) is 1.12. The monoisotopic (exact) mass is 111 g/mol. The number of imidazole rings is 1. The van der Waals surface area contributed by atoms with E-state index >= 15 is 0 Å². The van der Waals surface area contributed by atoms with Crippen LogP contribution in [0.1, 0.15) is 11.7 Å². The van der Waals surface area contributed by atoms with E-state index in [0.717, 1.165) is 0 Å². The van der Waals surface area contributed by atoms with E-state index in [-0.39, 0.29) is 5.91 Å². The Bertz CT molecular complexity index is 178. The molecule has 0 amide bonds. The normalized spacial score (nSPS) is 9.12. The summed E-state index contributed by atoms with van der Waals surface area (Å²) in [7, 11) is 0. The lowest BCUT2D eigenvalue weighted by Crippen LogP contribution is -2.03. The number of aromatic nitrogens is 2. The van der Waals surface area contributed by atoms with Crippen LogP contribution in [-0.2, 0) is 0 Å². The fourth-order valence-electron chi connectivity index (χ4n) is 0.486. The van der Waals surface area contributed by atoms with Crippen molar-refractivity contribution in [3.63, 3.8) is 0 Å². The number of carbonyl (C=O) groups is 1. The average Bonchev–Trinajstić information content (AvgIpc) is 2.12. The summed E-state index contributed by atoms with van der Waals surface area (Å²) in [6.45, 7) is 1.51. The highest BCUT2D eigenvalue weighted by molar-refractivity contribution is 5.75. The quantitative estimate of drug-likeness (QED) is 0.463. The summed E-state index contributed by atoms with van der Waals surface area (Å²) in [5, 5.41) is 0. The molecule has 0 radical (unpaired) electrons. The lowest BCUT2D eigenvalue weighted by atomic mass is 10.7. The summed E-state index contributed by atoms with van der Waals surface area (Å²) in [5.74, 6) is 0.0197. The number of hydrogen-bond donors (Lipinski definition) is 0. The van der Waals surface area contributed by atoms with Gasteiger partial charge in [-0.2, -0.15) is 4.57 Å². The van der Waals surface area contributed by atoms with E-state index in [1.165, 1.54) is 11.5 Å². The molecule has 0 aliphatic carbocycles. The Morgan fingerprint density at radius 2 is 2.50 bits per heavy atom. The van der Waals surface area contributed by atoms with Crippen LogP contribution < -0.4 is 4.98 Å². The number of hydrogen-bond acceptors (Lipinski definition) is 1. The molecule has 1 aromatic rings. The maximum absolute atomic E-state index is 10.4. The highest BCUT2D eigenvalue weighted by Gasteiger charge is 1.98. The van der Waals surface area contributed by atoms with Crippen molar-refractivity contribution in [1.29, 1.82) is 0 Å². The first-order chi connectivity index (χ1) is 3.80. The molecule has 0 saturated heterocycles. The second-order valence-electron chi connectivity index (χ2n) is 1.54. The van der Waals surface area contributed by atoms with Crippen LogP contribution in [0.15, 0.2) is 18.7 Å². The smallest absolute Gasteiger partial charge is 0.250 e. The molecule has 0 unspecified atom stereocenters. The van der Waals surface area contributed by atoms with Gasteiger partial charge in [-0.1, -0.05) is 0 Å². The molecule has 3 heteroatoms. The van der Waals surface area contributed by atoms with Crippen molar-refractivity contribution in [3.05, 3.63) is 18.7 Å². The standard InChI is InChI=1S/C5H6N2O/c1-5(8)7-3-2-6-4-7/h2-4H,1H3/p+1. The van der Waals surface area contributed by atoms with Gasteiger partial charge in [0.05, 0.1) is 0 Å². The van der Waals surface area contributed by atoms with Crippen LogP contribution in [0, 0.1) is 0 Å². The second kappa shape index (κ2) is 1.78. The van der Waals surface area contributed by atoms with Crippen LogP contribution in [0.25, 0.3) is 0 Å². The van der Waals surface area contributed by atoms with Gasteiger partial charge in [-0.15, -0.1) is 0 Å². The third-order valence-electron chi connectivity index (χ3n) is 0.909. The third-order valence-corrected chi connectivity index (χ3v) is 0.909. The molecule has 1 rings (SSSR count). The Balaban J connectivity index is 2.93. The van der Waals surface area contributed by atoms with Gasteiger partial charge in [-0.3, -0.25) is 0 Å². The number of H-pyrrole nitrogens is 1. The average molecular weight is 111 g/mol. The molecular weight excluding hydrogens is 104 g/mol. The van der Waals surface area contributed by atoms with Gasteiger partial charge in [0.2, 0.25) is 6.33 Å². The molecule has 0 aliphatic heterocycles. The molecule has 1 N–H and O–H groups in total. The highest BCUT2D eigenvalue weighted by atomic mass is 16.1. The zero-order valence-corrected chi connectivity index (χ0v) is 4.59. The molecule has 0 spiro atoms. The van der Waals surface area contributed by atoms with Crippen molar-refractivity contribution in [2.75, 3.05) is 0 Å². The number of aromatic amines is 1. The van der Waals surface area contributed by atoms with Crippen molar-refractivity contribution >= 4 is 5.91 Å². The molecule has 0 aromatic carbocycles. The third kappa shape index (κ3) is 0.753. The van der Waals surface area contributed by atoms with E-state index in [1.54, 1.807) is 18.7 Å². The molecule has 0 fully saturated rings. The van der Waals surface area contributed by atoms with Crippen molar-refractivity contribution in [1.82, 2.24) is 4.57 Å². The van der Waals surface area contributed by atoms with Gasteiger partial charge >= 0.3 is 5.91 Å². The molecule has 0 atom stereocenters. The van der Waals surface area contributed by atoms with E-state index in [1.807, 2.05) is 0 Å². The van der Waals surface area contributed by atoms with Gasteiger partial charge in [0.25, 0.3) is 0 Å². The van der Waals surface area contributed by atoms with E-state index < -0.39 is 0 Å². The predicted octanol–water partition coefficient (Wildman–Crippen LogP) is -0.0377. The Hall–Kier alpha value is -1.12. The van der Waals surface area contributed by atoms with Gasteiger partial charge in [-0.05, 0) is 0 Å². The van der Waals surface area contributed by atoms with Crippen molar-refractivity contribution in [2.45, 2.75) is 6.92 Å². The summed E-state index contributed by atoms with van der Waals surface area (Å²) in [5.41, 5.74) is 0. The van der Waals surface area contributed by atoms with Crippen LogP contribution in [0.3, 0.4) is 0 Å². The van der Waals surface area contributed by atoms with Gasteiger partial charge < -0.3 is 0 Å². The first kappa shape index (κ1) is 5.03. The van der Waals surface area contributed by atoms with E-state index in [9.17, 15) is 4.79 Å². The van der Waals surface area contributed by atoms with Crippen LogP contribution in [0.2, 0.25) is 0 Å². The molecule has 1 aromatic heterocycles. The minimum absolute atomic E-state index is 0.0197. The van der Waals surface area contributed by atoms with Gasteiger partial charge in [0.1, 0.15) is 12.4 Å². The first-order valence-corrected chi connectivity index (χ1v) is 2.35. The molecule has 0 aliphatic rings. The topological polar surface area (TPSA) is 36.1 Å². The fraction of sp³-hybridized carbons (Fsp3) is 0.200. The summed E-state index contributed by atoms with van der Waals surface area (Å²) in [6, 6.07) is 0. The molecule has 1 heterocycles. The minimum atomic E-state index is 0.0197. The molecule has 0 saturated carbocycles. The summed E-state index contributed by atoms with van der Waals surface area (Å²) in [4.78, 5) is 13.2. The molecular formula is C5H7N2O+. The number of carbonyl (C=O) groups excluding carboxylic acids is 1. The zero-order valence-electron chi connectivity index (χ0n) is 4.59. The summed E-state index contributed by atoms with van der Waals surface area (Å²) in [6.07, 6.45) is 4.96. The molecule has 8 heavy (non-hydrogen) atoms. The molecule has 0 bridgehead atoms. The van der Waals surface area contributed by atoms with Gasteiger partial charge in [0.15, 0.2) is 0 Å². The van der Waals surface area contributed by atoms with Gasteiger partial charge in [0, 0.05) is 6.92 Å².